The number of carbonyl (C=O) groups excluding carboxylic acids is 1. The Hall–Kier alpha value is -1.76. The fraction of sp³-hybridized carbons (Fsp3) is 0.286. The first-order valence-electron chi connectivity index (χ1n) is 6.46. The molecular weight excluding hydrogens is 331 g/mol. The number of para-hydroxylation sites is 1. The van der Waals surface area contributed by atoms with Crippen LogP contribution in [0.25, 0.3) is 0 Å². The fourth-order valence-electron chi connectivity index (χ4n) is 1.58. The van der Waals surface area contributed by atoms with Crippen LogP contribution in [0.3, 0.4) is 0 Å². The molecule has 2 rings (SSSR count). The summed E-state index contributed by atoms with van der Waals surface area (Å²) in [6.45, 7) is 1.72. The van der Waals surface area contributed by atoms with Gasteiger partial charge in [0.05, 0.1) is 16.1 Å². The van der Waals surface area contributed by atoms with Crippen LogP contribution >= 0.6 is 23.2 Å². The lowest BCUT2D eigenvalue weighted by Gasteiger charge is -2.07. The molecule has 1 atom stereocenters. The molecule has 0 aliphatic heterocycles. The van der Waals surface area contributed by atoms with Gasteiger partial charge < -0.3 is 19.7 Å². The van der Waals surface area contributed by atoms with Crippen LogP contribution in [0.5, 0.6) is 5.75 Å². The van der Waals surface area contributed by atoms with E-state index in [4.69, 9.17) is 37.6 Å². The molecule has 22 heavy (non-hydrogen) atoms. The van der Waals surface area contributed by atoms with E-state index in [9.17, 15) is 4.79 Å². The van der Waals surface area contributed by atoms with E-state index >= 15 is 0 Å². The van der Waals surface area contributed by atoms with Crippen molar-refractivity contribution in [2.24, 2.45) is 0 Å². The second kappa shape index (κ2) is 7.49. The number of carbonyl (C=O) groups is 1. The maximum absolute atomic E-state index is 11.7. The number of nitrogens with zero attached hydrogens (tertiary/aromatic N) is 1. The molecule has 0 saturated heterocycles. The van der Waals surface area contributed by atoms with Crippen molar-refractivity contribution in [3.05, 3.63) is 45.8 Å². The number of aliphatic hydroxyl groups excluding tert-OH is 1. The van der Waals surface area contributed by atoms with Crippen LogP contribution in [0.15, 0.2) is 28.8 Å². The standard InChI is InChI=1S/C14H14Cl2N2O4/c1-8(19)6-17-14(20)12-5-9(22-18-12)7-21-13-10(15)3-2-4-11(13)16/h2-5,8,19H,6-7H2,1H3,(H,17,20). The van der Waals surface area contributed by atoms with Gasteiger partial charge in [0.1, 0.15) is 6.61 Å². The van der Waals surface area contributed by atoms with Crippen molar-refractivity contribution < 1.29 is 19.2 Å². The van der Waals surface area contributed by atoms with Crippen LogP contribution in [0.1, 0.15) is 23.2 Å². The summed E-state index contributed by atoms with van der Waals surface area (Å²) in [5.74, 6) is 0.243. The van der Waals surface area contributed by atoms with Crippen LogP contribution in [-0.4, -0.2) is 28.8 Å². The van der Waals surface area contributed by atoms with E-state index in [1.807, 2.05) is 0 Å². The highest BCUT2D eigenvalue weighted by molar-refractivity contribution is 6.37. The number of hydrogen-bond donors (Lipinski definition) is 2. The Morgan fingerprint density at radius 3 is 2.77 bits per heavy atom. The molecule has 118 valence electrons. The molecule has 2 aromatic rings. The van der Waals surface area contributed by atoms with Crippen LogP contribution < -0.4 is 10.1 Å². The van der Waals surface area contributed by atoms with E-state index in [0.29, 0.717) is 21.6 Å². The summed E-state index contributed by atoms with van der Waals surface area (Å²) >= 11 is 12.0. The highest BCUT2D eigenvalue weighted by Gasteiger charge is 2.14. The number of nitrogens with one attached hydrogen (secondary N) is 1. The fourth-order valence-corrected chi connectivity index (χ4v) is 2.09. The smallest absolute Gasteiger partial charge is 0.273 e. The number of halogens is 2. The average Bonchev–Trinajstić information content (AvgIpc) is 2.93. The van der Waals surface area contributed by atoms with Gasteiger partial charge in [-0.15, -0.1) is 0 Å². The Kier molecular flexibility index (Phi) is 5.65. The minimum Gasteiger partial charge on any atom is -0.482 e. The summed E-state index contributed by atoms with van der Waals surface area (Å²) in [6, 6.07) is 6.45. The van der Waals surface area contributed by atoms with E-state index in [1.54, 1.807) is 25.1 Å². The second-order valence-corrected chi connectivity index (χ2v) is 5.39. The lowest BCUT2D eigenvalue weighted by atomic mass is 10.3. The van der Waals surface area contributed by atoms with E-state index < -0.39 is 12.0 Å². The van der Waals surface area contributed by atoms with Gasteiger partial charge in [-0.3, -0.25) is 4.79 Å². The lowest BCUT2D eigenvalue weighted by Crippen LogP contribution is -2.30. The molecule has 0 spiro atoms. The third kappa shape index (κ3) is 4.37. The number of amides is 1. The first-order valence-corrected chi connectivity index (χ1v) is 7.21. The van der Waals surface area contributed by atoms with Gasteiger partial charge in [-0.05, 0) is 19.1 Å². The monoisotopic (exact) mass is 344 g/mol. The molecule has 1 unspecified atom stereocenters. The van der Waals surface area contributed by atoms with Crippen LogP contribution in [0.2, 0.25) is 10.0 Å². The number of benzene rings is 1. The number of aromatic nitrogens is 1. The van der Waals surface area contributed by atoms with Gasteiger partial charge in [0.15, 0.2) is 17.2 Å². The molecule has 0 saturated carbocycles. The second-order valence-electron chi connectivity index (χ2n) is 4.58. The van der Waals surface area contributed by atoms with Crippen molar-refractivity contribution >= 4 is 29.1 Å². The van der Waals surface area contributed by atoms with Crippen LogP contribution in [0.4, 0.5) is 0 Å². The zero-order valence-corrected chi connectivity index (χ0v) is 13.2. The number of ether oxygens (including phenoxy) is 1. The normalized spacial score (nSPS) is 12.0. The summed E-state index contributed by atoms with van der Waals surface area (Å²) in [6.07, 6.45) is -0.638. The van der Waals surface area contributed by atoms with Crippen molar-refractivity contribution in [1.29, 1.82) is 0 Å². The number of aliphatic hydroxyl groups is 1. The number of hydrogen-bond acceptors (Lipinski definition) is 5. The molecule has 0 aliphatic carbocycles. The zero-order valence-electron chi connectivity index (χ0n) is 11.7. The summed E-state index contributed by atoms with van der Waals surface area (Å²) in [7, 11) is 0. The Bertz CT molecular complexity index is 638. The molecule has 0 aliphatic rings. The van der Waals surface area contributed by atoms with Crippen molar-refractivity contribution in [3.8, 4) is 5.75 Å². The van der Waals surface area contributed by atoms with Gasteiger partial charge >= 0.3 is 0 Å². The van der Waals surface area contributed by atoms with Gasteiger partial charge in [0, 0.05) is 12.6 Å². The predicted octanol–water partition coefficient (Wildman–Crippen LogP) is 2.67. The molecule has 0 radical (unpaired) electrons. The van der Waals surface area contributed by atoms with Crippen molar-refractivity contribution in [1.82, 2.24) is 10.5 Å². The third-order valence-corrected chi connectivity index (χ3v) is 3.22. The van der Waals surface area contributed by atoms with Gasteiger partial charge in [-0.1, -0.05) is 34.4 Å². The minimum absolute atomic E-state index is 0.0279. The topological polar surface area (TPSA) is 84.6 Å². The highest BCUT2D eigenvalue weighted by atomic mass is 35.5. The van der Waals surface area contributed by atoms with E-state index in [1.165, 1.54) is 6.07 Å². The van der Waals surface area contributed by atoms with Crippen LogP contribution in [0, 0.1) is 0 Å². The maximum atomic E-state index is 11.7. The molecule has 0 bridgehead atoms. The van der Waals surface area contributed by atoms with E-state index in [2.05, 4.69) is 10.5 Å². The van der Waals surface area contributed by atoms with Crippen molar-refractivity contribution in [3.63, 3.8) is 0 Å². The molecule has 1 aromatic carbocycles. The first kappa shape index (κ1) is 16.6. The average molecular weight is 345 g/mol. The van der Waals surface area contributed by atoms with Crippen molar-refractivity contribution in [2.45, 2.75) is 19.6 Å². The molecule has 1 amide bonds. The van der Waals surface area contributed by atoms with Gasteiger partial charge in [-0.2, -0.15) is 0 Å². The molecule has 1 heterocycles. The Morgan fingerprint density at radius 1 is 1.45 bits per heavy atom. The molecule has 0 fully saturated rings. The quantitative estimate of drug-likeness (QED) is 0.841. The van der Waals surface area contributed by atoms with Gasteiger partial charge in [0.2, 0.25) is 0 Å². The maximum Gasteiger partial charge on any atom is 0.273 e. The molecule has 1 aromatic heterocycles. The Morgan fingerprint density at radius 2 is 2.14 bits per heavy atom. The molecule has 8 heteroatoms. The summed E-state index contributed by atoms with van der Waals surface area (Å²) in [5.41, 5.74) is 0.101. The molecule has 6 nitrogen and oxygen atoms in total. The van der Waals surface area contributed by atoms with E-state index in [-0.39, 0.29) is 18.8 Å². The zero-order chi connectivity index (χ0) is 16.1. The van der Waals surface area contributed by atoms with E-state index in [0.717, 1.165) is 0 Å². The highest BCUT2D eigenvalue weighted by Crippen LogP contribution is 2.32. The molecular formula is C14H14Cl2N2O4. The summed E-state index contributed by atoms with van der Waals surface area (Å²) in [5, 5.41) is 16.0. The third-order valence-electron chi connectivity index (χ3n) is 2.63. The van der Waals surface area contributed by atoms with Gasteiger partial charge in [-0.25, -0.2) is 0 Å². The Labute approximate surface area is 137 Å². The SMILES string of the molecule is CC(O)CNC(=O)c1cc(COc2c(Cl)cccc2Cl)on1. The predicted molar refractivity (Wildman–Crippen MR) is 81.3 cm³/mol. The first-order chi connectivity index (χ1) is 10.5. The molecule has 2 N–H and O–H groups in total. The summed E-state index contributed by atoms with van der Waals surface area (Å²) in [4.78, 5) is 11.7. The largest absolute Gasteiger partial charge is 0.482 e. The Balaban J connectivity index is 1.96. The van der Waals surface area contributed by atoms with Gasteiger partial charge in [0.25, 0.3) is 5.91 Å². The lowest BCUT2D eigenvalue weighted by molar-refractivity contribution is 0.0914. The van der Waals surface area contributed by atoms with Crippen LogP contribution in [-0.2, 0) is 6.61 Å². The minimum atomic E-state index is -0.638. The summed E-state index contributed by atoms with van der Waals surface area (Å²) < 4.78 is 10.5. The van der Waals surface area contributed by atoms with Crippen molar-refractivity contribution in [2.75, 3.05) is 6.54 Å². The number of rotatable bonds is 6.